The van der Waals surface area contributed by atoms with Crippen LogP contribution in [0.4, 0.5) is 5.95 Å². The van der Waals surface area contributed by atoms with Gasteiger partial charge in [0.15, 0.2) is 0 Å². The van der Waals surface area contributed by atoms with Crippen LogP contribution in [0.15, 0.2) is 30.7 Å². The zero-order chi connectivity index (χ0) is 14.2. The number of hydrogen-bond donors (Lipinski definition) is 2. The standard InChI is InChI=1S/C13H11N5O2/c19-9-2-1-4-10-5-3-6-14-11(10)12(20)17-13-15-7-8-16-18-13/h3,5-8,19H,2,9H2,(H,15,17,18,20). The number of nitrogens with one attached hydrogen (secondary N) is 1. The van der Waals surface area contributed by atoms with Crippen LogP contribution in [-0.2, 0) is 0 Å². The average Bonchev–Trinajstić information content (AvgIpc) is 2.49. The Hall–Kier alpha value is -2.85. The summed E-state index contributed by atoms with van der Waals surface area (Å²) in [5.74, 6) is 5.17. The van der Waals surface area contributed by atoms with Crippen LogP contribution >= 0.6 is 0 Å². The number of carbonyl (C=O) groups is 1. The molecule has 7 nitrogen and oxygen atoms in total. The molecule has 2 rings (SSSR count). The van der Waals surface area contributed by atoms with E-state index in [1.165, 1.54) is 18.6 Å². The van der Waals surface area contributed by atoms with Gasteiger partial charge in [-0.1, -0.05) is 11.8 Å². The minimum atomic E-state index is -0.466. The summed E-state index contributed by atoms with van der Waals surface area (Å²) in [4.78, 5) is 19.9. The van der Waals surface area contributed by atoms with Crippen molar-refractivity contribution in [2.45, 2.75) is 6.42 Å². The van der Waals surface area contributed by atoms with Gasteiger partial charge in [0.05, 0.1) is 24.6 Å². The molecule has 100 valence electrons. The molecule has 2 aromatic rings. The minimum Gasteiger partial charge on any atom is -0.395 e. The number of anilines is 1. The lowest BCUT2D eigenvalue weighted by Crippen LogP contribution is -2.17. The van der Waals surface area contributed by atoms with Gasteiger partial charge in [-0.05, 0) is 12.1 Å². The van der Waals surface area contributed by atoms with E-state index in [1.807, 2.05) is 0 Å². The lowest BCUT2D eigenvalue weighted by molar-refractivity contribution is 0.102. The molecule has 20 heavy (non-hydrogen) atoms. The monoisotopic (exact) mass is 269 g/mol. The summed E-state index contributed by atoms with van der Waals surface area (Å²) < 4.78 is 0. The lowest BCUT2D eigenvalue weighted by atomic mass is 10.2. The fraction of sp³-hybridized carbons (Fsp3) is 0.154. The molecule has 2 heterocycles. The molecule has 0 aromatic carbocycles. The fourth-order valence-corrected chi connectivity index (χ4v) is 1.37. The summed E-state index contributed by atoms with van der Waals surface area (Å²) in [6.45, 7) is -0.0294. The van der Waals surface area contributed by atoms with Crippen LogP contribution in [0.3, 0.4) is 0 Å². The van der Waals surface area contributed by atoms with Crippen LogP contribution in [0, 0.1) is 11.8 Å². The number of pyridine rings is 1. The largest absolute Gasteiger partial charge is 0.395 e. The molecule has 0 atom stereocenters. The molecule has 7 heteroatoms. The molecule has 2 N–H and O–H groups in total. The van der Waals surface area contributed by atoms with Gasteiger partial charge >= 0.3 is 0 Å². The predicted molar refractivity (Wildman–Crippen MR) is 70.6 cm³/mol. The first-order valence-corrected chi connectivity index (χ1v) is 5.81. The summed E-state index contributed by atoms with van der Waals surface area (Å²) in [6, 6.07) is 3.36. The number of nitrogens with zero attached hydrogens (tertiary/aromatic N) is 4. The van der Waals surface area contributed by atoms with Crippen molar-refractivity contribution in [2.24, 2.45) is 0 Å². The molecular formula is C13H11N5O2. The van der Waals surface area contributed by atoms with E-state index in [2.05, 4.69) is 37.3 Å². The molecule has 1 amide bonds. The van der Waals surface area contributed by atoms with Crippen LogP contribution in [-0.4, -0.2) is 37.8 Å². The molecular weight excluding hydrogens is 258 g/mol. The van der Waals surface area contributed by atoms with E-state index in [4.69, 9.17) is 5.11 Å². The number of carbonyl (C=O) groups excluding carboxylic acids is 1. The van der Waals surface area contributed by atoms with Crippen molar-refractivity contribution in [3.05, 3.63) is 42.0 Å². The zero-order valence-corrected chi connectivity index (χ0v) is 10.4. The Morgan fingerprint density at radius 1 is 1.30 bits per heavy atom. The van der Waals surface area contributed by atoms with E-state index in [9.17, 15) is 4.79 Å². The number of aliphatic hydroxyl groups excluding tert-OH is 1. The van der Waals surface area contributed by atoms with Crippen LogP contribution in [0.25, 0.3) is 0 Å². The van der Waals surface area contributed by atoms with E-state index >= 15 is 0 Å². The van der Waals surface area contributed by atoms with Crippen molar-refractivity contribution in [2.75, 3.05) is 11.9 Å². The first kappa shape index (κ1) is 13.6. The quantitative estimate of drug-likeness (QED) is 0.775. The van der Waals surface area contributed by atoms with Gasteiger partial charge in [-0.2, -0.15) is 5.10 Å². The van der Waals surface area contributed by atoms with Gasteiger partial charge in [-0.3, -0.25) is 10.1 Å². The third kappa shape index (κ3) is 3.57. The van der Waals surface area contributed by atoms with Gasteiger partial charge in [-0.15, -0.1) is 5.10 Å². The molecule has 0 saturated carbocycles. The van der Waals surface area contributed by atoms with E-state index in [-0.39, 0.29) is 18.2 Å². The second kappa shape index (κ2) is 6.92. The highest BCUT2D eigenvalue weighted by Crippen LogP contribution is 2.06. The summed E-state index contributed by atoms with van der Waals surface area (Å²) >= 11 is 0. The van der Waals surface area contributed by atoms with Gasteiger partial charge in [0, 0.05) is 12.6 Å². The number of aromatic nitrogens is 4. The smallest absolute Gasteiger partial charge is 0.277 e. The van der Waals surface area contributed by atoms with Crippen molar-refractivity contribution < 1.29 is 9.90 Å². The Bertz CT molecular complexity index is 649. The molecule has 2 aromatic heterocycles. The highest BCUT2D eigenvalue weighted by atomic mass is 16.2. The van der Waals surface area contributed by atoms with Crippen molar-refractivity contribution >= 4 is 11.9 Å². The normalized spacial score (nSPS) is 9.45. The number of aliphatic hydroxyl groups is 1. The fourth-order valence-electron chi connectivity index (χ4n) is 1.37. The van der Waals surface area contributed by atoms with E-state index < -0.39 is 5.91 Å². The van der Waals surface area contributed by atoms with Crippen molar-refractivity contribution in [3.8, 4) is 11.8 Å². The number of hydrogen-bond acceptors (Lipinski definition) is 6. The maximum Gasteiger partial charge on any atom is 0.277 e. The maximum atomic E-state index is 12.1. The molecule has 0 spiro atoms. The third-order valence-corrected chi connectivity index (χ3v) is 2.19. The first-order valence-electron chi connectivity index (χ1n) is 5.81. The van der Waals surface area contributed by atoms with Gasteiger partial charge < -0.3 is 5.11 Å². The lowest BCUT2D eigenvalue weighted by Gasteiger charge is -2.03. The van der Waals surface area contributed by atoms with E-state index in [0.29, 0.717) is 12.0 Å². The average molecular weight is 269 g/mol. The van der Waals surface area contributed by atoms with Gasteiger partial charge in [-0.25, -0.2) is 9.97 Å². The Labute approximate surface area is 115 Å². The van der Waals surface area contributed by atoms with Crippen LogP contribution in [0.2, 0.25) is 0 Å². The highest BCUT2D eigenvalue weighted by molar-refractivity contribution is 6.03. The van der Waals surface area contributed by atoms with E-state index in [0.717, 1.165) is 0 Å². The summed E-state index contributed by atoms with van der Waals surface area (Å²) in [5, 5.41) is 18.5. The number of amides is 1. The molecule has 0 aliphatic carbocycles. The maximum absolute atomic E-state index is 12.1. The van der Waals surface area contributed by atoms with Crippen molar-refractivity contribution in [1.29, 1.82) is 0 Å². The molecule has 0 aliphatic rings. The molecule has 0 unspecified atom stereocenters. The Morgan fingerprint density at radius 2 is 2.20 bits per heavy atom. The Balaban J connectivity index is 2.20. The summed E-state index contributed by atoms with van der Waals surface area (Å²) in [7, 11) is 0. The Morgan fingerprint density at radius 3 is 2.95 bits per heavy atom. The zero-order valence-electron chi connectivity index (χ0n) is 10.4. The molecule has 0 radical (unpaired) electrons. The van der Waals surface area contributed by atoms with Gasteiger partial charge in [0.2, 0.25) is 5.95 Å². The van der Waals surface area contributed by atoms with E-state index in [1.54, 1.807) is 12.1 Å². The van der Waals surface area contributed by atoms with Crippen LogP contribution in [0.5, 0.6) is 0 Å². The first-order chi connectivity index (χ1) is 9.81. The van der Waals surface area contributed by atoms with Crippen molar-refractivity contribution in [3.63, 3.8) is 0 Å². The van der Waals surface area contributed by atoms with Crippen molar-refractivity contribution in [1.82, 2.24) is 20.2 Å². The van der Waals surface area contributed by atoms with Crippen LogP contribution in [0.1, 0.15) is 22.5 Å². The molecule has 0 fully saturated rings. The molecule has 0 saturated heterocycles. The summed E-state index contributed by atoms with van der Waals surface area (Å²) in [5.41, 5.74) is 0.646. The third-order valence-electron chi connectivity index (χ3n) is 2.19. The predicted octanol–water partition coefficient (Wildman–Crippen LogP) is 0.253. The summed E-state index contributed by atoms with van der Waals surface area (Å²) in [6.07, 6.45) is 4.66. The number of rotatable bonds is 3. The SMILES string of the molecule is O=C(Nc1nccnn1)c1ncccc1C#CCCO. The second-order valence-corrected chi connectivity index (χ2v) is 3.60. The second-order valence-electron chi connectivity index (χ2n) is 3.60. The van der Waals surface area contributed by atoms with Gasteiger partial charge in [0.1, 0.15) is 5.69 Å². The molecule has 0 aliphatic heterocycles. The minimum absolute atomic E-state index is 0.0294. The highest BCUT2D eigenvalue weighted by Gasteiger charge is 2.12. The van der Waals surface area contributed by atoms with Crippen LogP contribution < -0.4 is 5.32 Å². The topological polar surface area (TPSA) is 101 Å². The molecule has 0 bridgehead atoms. The van der Waals surface area contributed by atoms with Gasteiger partial charge in [0.25, 0.3) is 5.91 Å². The Kier molecular flexibility index (Phi) is 4.70.